The van der Waals surface area contributed by atoms with Gasteiger partial charge in [0, 0.05) is 22.6 Å². The molecule has 0 radical (unpaired) electrons. The molecule has 0 saturated heterocycles. The Hall–Kier alpha value is -2.49. The van der Waals surface area contributed by atoms with Gasteiger partial charge >= 0.3 is 0 Å². The number of pyridine rings is 1. The van der Waals surface area contributed by atoms with Crippen LogP contribution in [-0.4, -0.2) is 19.3 Å². The summed E-state index contributed by atoms with van der Waals surface area (Å²) in [5.74, 6) is 0.108. The summed E-state index contributed by atoms with van der Waals surface area (Å²) in [7, 11) is -3.75. The van der Waals surface area contributed by atoms with Crippen molar-refractivity contribution in [2.45, 2.75) is 11.4 Å². The van der Waals surface area contributed by atoms with Gasteiger partial charge in [-0.05, 0) is 52.3 Å². The van der Waals surface area contributed by atoms with Crippen molar-refractivity contribution in [1.82, 2.24) is 9.71 Å². The number of benzene rings is 1. The average Bonchev–Trinajstić information content (AvgIpc) is 3.14. The first-order valence-electron chi connectivity index (χ1n) is 7.48. The zero-order valence-corrected chi connectivity index (χ0v) is 15.7. The van der Waals surface area contributed by atoms with Crippen LogP contribution in [0.25, 0.3) is 0 Å². The Balaban J connectivity index is 1.74. The van der Waals surface area contributed by atoms with E-state index in [0.717, 1.165) is 0 Å². The van der Waals surface area contributed by atoms with Crippen molar-refractivity contribution in [2.75, 3.05) is 5.32 Å². The molecule has 0 spiro atoms. The number of halogens is 1. The van der Waals surface area contributed by atoms with Crippen molar-refractivity contribution < 1.29 is 17.6 Å². The first kappa shape index (κ1) is 18.3. The monoisotopic (exact) mass is 435 g/mol. The SMILES string of the molecule is O=C(Nc1cccc(S(=O)(=O)NCc2ccco2)c1)c1cncc(Br)c1. The fraction of sp³-hybridized carbons (Fsp3) is 0.0588. The van der Waals surface area contributed by atoms with Crippen LogP contribution in [0.4, 0.5) is 5.69 Å². The molecule has 1 aromatic carbocycles. The molecule has 2 heterocycles. The molecule has 2 N–H and O–H groups in total. The second-order valence-corrected chi connectivity index (χ2v) is 7.96. The van der Waals surface area contributed by atoms with E-state index in [1.54, 1.807) is 36.5 Å². The first-order valence-corrected chi connectivity index (χ1v) is 9.76. The Morgan fingerprint density at radius 2 is 2.00 bits per heavy atom. The summed E-state index contributed by atoms with van der Waals surface area (Å²) in [6, 6.07) is 11.0. The van der Waals surface area contributed by atoms with Crippen LogP contribution in [0.1, 0.15) is 16.1 Å². The summed E-state index contributed by atoms with van der Waals surface area (Å²) < 4.78 is 33.0. The van der Waals surface area contributed by atoms with Crippen LogP contribution in [0.15, 0.2) is 74.9 Å². The van der Waals surface area contributed by atoms with Crippen LogP contribution in [0, 0.1) is 0 Å². The molecule has 0 aliphatic rings. The average molecular weight is 436 g/mol. The predicted molar refractivity (Wildman–Crippen MR) is 99.1 cm³/mol. The third-order valence-electron chi connectivity index (χ3n) is 3.39. The van der Waals surface area contributed by atoms with Gasteiger partial charge in [0.05, 0.1) is 23.3 Å². The quantitative estimate of drug-likeness (QED) is 0.618. The third kappa shape index (κ3) is 4.57. The van der Waals surface area contributed by atoms with Crippen molar-refractivity contribution in [2.24, 2.45) is 0 Å². The van der Waals surface area contributed by atoms with Crippen LogP contribution in [0.5, 0.6) is 0 Å². The first-order chi connectivity index (χ1) is 12.4. The zero-order chi connectivity index (χ0) is 18.6. The molecule has 0 fully saturated rings. The molecule has 134 valence electrons. The van der Waals surface area contributed by atoms with E-state index in [0.29, 0.717) is 21.5 Å². The van der Waals surface area contributed by atoms with Gasteiger partial charge in [-0.1, -0.05) is 6.07 Å². The predicted octanol–water partition coefficient (Wildman–Crippen LogP) is 3.17. The van der Waals surface area contributed by atoms with Crippen molar-refractivity contribution in [3.63, 3.8) is 0 Å². The Labute approximate surface area is 158 Å². The Morgan fingerprint density at radius 3 is 2.73 bits per heavy atom. The molecule has 1 amide bonds. The van der Waals surface area contributed by atoms with Crippen molar-refractivity contribution in [1.29, 1.82) is 0 Å². The Morgan fingerprint density at radius 1 is 1.15 bits per heavy atom. The third-order valence-corrected chi connectivity index (χ3v) is 5.22. The number of aromatic nitrogens is 1. The molecule has 0 saturated carbocycles. The molecule has 0 aliphatic heterocycles. The summed E-state index contributed by atoms with van der Waals surface area (Å²) >= 11 is 3.25. The van der Waals surface area contributed by atoms with Crippen LogP contribution in [0.3, 0.4) is 0 Å². The molecule has 7 nitrogen and oxygen atoms in total. The lowest BCUT2D eigenvalue weighted by Crippen LogP contribution is -2.23. The Bertz CT molecular complexity index is 1020. The summed E-state index contributed by atoms with van der Waals surface area (Å²) in [4.78, 5) is 16.2. The summed E-state index contributed by atoms with van der Waals surface area (Å²) in [6.45, 7) is 0.0373. The minimum Gasteiger partial charge on any atom is -0.468 e. The van der Waals surface area contributed by atoms with E-state index in [-0.39, 0.29) is 11.4 Å². The molecule has 9 heteroatoms. The molecule has 2 aromatic heterocycles. The van der Waals surface area contributed by atoms with Crippen LogP contribution >= 0.6 is 15.9 Å². The van der Waals surface area contributed by atoms with Gasteiger partial charge in [-0.2, -0.15) is 0 Å². The molecular formula is C17H14BrN3O4S. The van der Waals surface area contributed by atoms with Gasteiger partial charge < -0.3 is 9.73 Å². The Kier molecular flexibility index (Phi) is 5.50. The lowest BCUT2D eigenvalue weighted by Gasteiger charge is -2.09. The second-order valence-electron chi connectivity index (χ2n) is 5.28. The molecule has 0 atom stereocenters. The molecular weight excluding hydrogens is 422 g/mol. The lowest BCUT2D eigenvalue weighted by molar-refractivity contribution is 0.102. The maximum atomic E-state index is 12.4. The van der Waals surface area contributed by atoms with E-state index in [1.807, 2.05) is 0 Å². The summed E-state index contributed by atoms with van der Waals surface area (Å²) in [5, 5.41) is 2.66. The smallest absolute Gasteiger partial charge is 0.257 e. The van der Waals surface area contributed by atoms with Crippen LogP contribution in [0.2, 0.25) is 0 Å². The number of furan rings is 1. The minimum absolute atomic E-state index is 0.0363. The van der Waals surface area contributed by atoms with E-state index in [1.165, 1.54) is 24.6 Å². The summed E-state index contributed by atoms with van der Waals surface area (Å²) in [5.41, 5.74) is 0.708. The molecule has 0 unspecified atom stereocenters. The molecule has 3 aromatic rings. The minimum atomic E-state index is -3.75. The highest BCUT2D eigenvalue weighted by atomic mass is 79.9. The second kappa shape index (κ2) is 7.81. The zero-order valence-electron chi connectivity index (χ0n) is 13.3. The number of hydrogen-bond donors (Lipinski definition) is 2. The molecule has 0 aliphatic carbocycles. The highest BCUT2D eigenvalue weighted by Gasteiger charge is 2.16. The number of hydrogen-bond acceptors (Lipinski definition) is 5. The number of rotatable bonds is 6. The van der Waals surface area contributed by atoms with E-state index in [9.17, 15) is 13.2 Å². The van der Waals surface area contributed by atoms with Crippen LogP contribution < -0.4 is 10.0 Å². The van der Waals surface area contributed by atoms with Gasteiger partial charge in [-0.25, -0.2) is 13.1 Å². The normalized spacial score (nSPS) is 11.3. The molecule has 3 rings (SSSR count). The number of nitrogens with one attached hydrogen (secondary N) is 2. The van der Waals surface area contributed by atoms with Gasteiger partial charge in [-0.3, -0.25) is 9.78 Å². The number of sulfonamides is 1. The van der Waals surface area contributed by atoms with E-state index in [2.05, 4.69) is 31.0 Å². The molecule has 26 heavy (non-hydrogen) atoms. The fourth-order valence-corrected chi connectivity index (χ4v) is 3.55. The number of carbonyl (C=O) groups is 1. The molecule has 0 bridgehead atoms. The maximum Gasteiger partial charge on any atom is 0.257 e. The van der Waals surface area contributed by atoms with Gasteiger partial charge in [0.2, 0.25) is 10.0 Å². The number of anilines is 1. The number of nitrogens with zero attached hydrogens (tertiary/aromatic N) is 1. The van der Waals surface area contributed by atoms with Gasteiger partial charge in [-0.15, -0.1) is 0 Å². The number of amides is 1. The number of carbonyl (C=O) groups excluding carboxylic acids is 1. The van der Waals surface area contributed by atoms with E-state index in [4.69, 9.17) is 4.42 Å². The fourth-order valence-electron chi connectivity index (χ4n) is 2.14. The maximum absolute atomic E-state index is 12.4. The van der Waals surface area contributed by atoms with Crippen molar-refractivity contribution in [3.05, 3.63) is 76.9 Å². The largest absolute Gasteiger partial charge is 0.468 e. The lowest BCUT2D eigenvalue weighted by atomic mass is 10.2. The van der Waals surface area contributed by atoms with Gasteiger partial charge in [0.15, 0.2) is 0 Å². The topological polar surface area (TPSA) is 101 Å². The highest BCUT2D eigenvalue weighted by molar-refractivity contribution is 9.10. The van der Waals surface area contributed by atoms with Gasteiger partial charge in [0.1, 0.15) is 5.76 Å². The van der Waals surface area contributed by atoms with Crippen molar-refractivity contribution in [3.8, 4) is 0 Å². The van der Waals surface area contributed by atoms with Crippen molar-refractivity contribution >= 4 is 37.5 Å². The standard InChI is InChI=1S/C17H14BrN3O4S/c18-13-7-12(9-19-10-13)17(22)21-14-3-1-5-16(8-14)26(23,24)20-11-15-4-2-6-25-15/h1-10,20H,11H2,(H,21,22). The van der Waals surface area contributed by atoms with E-state index < -0.39 is 15.9 Å². The van der Waals surface area contributed by atoms with Gasteiger partial charge in [0.25, 0.3) is 5.91 Å². The van der Waals surface area contributed by atoms with Crippen LogP contribution in [-0.2, 0) is 16.6 Å². The highest BCUT2D eigenvalue weighted by Crippen LogP contribution is 2.17. The van der Waals surface area contributed by atoms with E-state index >= 15 is 0 Å². The summed E-state index contributed by atoms with van der Waals surface area (Å²) in [6.07, 6.45) is 4.46.